The van der Waals surface area contributed by atoms with E-state index in [1.807, 2.05) is 0 Å². The third-order valence-electron chi connectivity index (χ3n) is 1.93. The molecule has 0 heterocycles. The van der Waals surface area contributed by atoms with Crippen LogP contribution in [0, 0.1) is 5.82 Å². The maximum atomic E-state index is 13.0. The molecule has 0 aromatic heterocycles. The standard InChI is InChI=1S/C10H10ClFO3/c11-7-4-6(2-1-3-9(13)14)5-8(12)10(7)15/h4-5,15H,1-3H2,(H,13,14). The van der Waals surface area contributed by atoms with E-state index >= 15 is 0 Å². The topological polar surface area (TPSA) is 57.5 Å². The van der Waals surface area contributed by atoms with Crippen molar-refractivity contribution < 1.29 is 19.4 Å². The fraction of sp³-hybridized carbons (Fsp3) is 0.300. The normalized spacial score (nSPS) is 10.3. The average Bonchev–Trinajstić information content (AvgIpc) is 2.13. The minimum atomic E-state index is -0.889. The predicted octanol–water partition coefficient (Wildman–Crippen LogP) is 2.59. The van der Waals surface area contributed by atoms with Crippen molar-refractivity contribution in [2.24, 2.45) is 0 Å². The lowest BCUT2D eigenvalue weighted by Crippen LogP contribution is -1.96. The summed E-state index contributed by atoms with van der Waals surface area (Å²) in [6.07, 6.45) is 0.860. The number of carboxylic acid groups (broad SMARTS) is 1. The van der Waals surface area contributed by atoms with Crippen LogP contribution in [0.3, 0.4) is 0 Å². The molecule has 1 aromatic carbocycles. The lowest BCUT2D eigenvalue weighted by atomic mass is 10.1. The summed E-state index contributed by atoms with van der Waals surface area (Å²) in [7, 11) is 0. The number of aromatic hydroxyl groups is 1. The van der Waals surface area contributed by atoms with Crippen LogP contribution < -0.4 is 0 Å². The highest BCUT2D eigenvalue weighted by Gasteiger charge is 2.08. The van der Waals surface area contributed by atoms with Gasteiger partial charge in [0.1, 0.15) is 0 Å². The van der Waals surface area contributed by atoms with Gasteiger partial charge >= 0.3 is 5.97 Å². The zero-order valence-electron chi connectivity index (χ0n) is 7.83. The highest BCUT2D eigenvalue weighted by atomic mass is 35.5. The molecule has 15 heavy (non-hydrogen) atoms. The van der Waals surface area contributed by atoms with Crippen LogP contribution in [0.5, 0.6) is 5.75 Å². The van der Waals surface area contributed by atoms with E-state index in [1.165, 1.54) is 6.07 Å². The molecule has 0 atom stereocenters. The van der Waals surface area contributed by atoms with Gasteiger partial charge < -0.3 is 10.2 Å². The van der Waals surface area contributed by atoms with Crippen LogP contribution in [0.1, 0.15) is 18.4 Å². The first-order valence-corrected chi connectivity index (χ1v) is 4.77. The van der Waals surface area contributed by atoms with Crippen LogP contribution in [0.2, 0.25) is 5.02 Å². The molecule has 0 saturated heterocycles. The molecule has 0 bridgehead atoms. The van der Waals surface area contributed by atoms with Gasteiger partial charge in [-0.1, -0.05) is 11.6 Å². The minimum absolute atomic E-state index is 0.0279. The van der Waals surface area contributed by atoms with Gasteiger partial charge in [0.15, 0.2) is 11.6 Å². The predicted molar refractivity (Wildman–Crippen MR) is 53.6 cm³/mol. The summed E-state index contributed by atoms with van der Waals surface area (Å²) in [4.78, 5) is 10.2. The van der Waals surface area contributed by atoms with E-state index < -0.39 is 17.5 Å². The van der Waals surface area contributed by atoms with Crippen LogP contribution >= 0.6 is 11.6 Å². The molecule has 0 fully saturated rings. The van der Waals surface area contributed by atoms with Crippen LogP contribution in [-0.4, -0.2) is 16.2 Å². The molecule has 0 unspecified atom stereocenters. The molecule has 1 rings (SSSR count). The number of phenolic OH excluding ortho intramolecular Hbond substituents is 1. The molecule has 1 aromatic rings. The summed E-state index contributed by atoms with van der Waals surface area (Å²) < 4.78 is 13.0. The van der Waals surface area contributed by atoms with Crippen LogP contribution in [0.25, 0.3) is 0 Å². The summed E-state index contributed by atoms with van der Waals surface area (Å²) in [5.74, 6) is -2.24. The van der Waals surface area contributed by atoms with E-state index in [4.69, 9.17) is 21.8 Å². The Morgan fingerprint density at radius 3 is 2.67 bits per heavy atom. The molecule has 2 N–H and O–H groups in total. The number of aryl methyl sites for hydroxylation is 1. The number of carboxylic acids is 1. The van der Waals surface area contributed by atoms with Gasteiger partial charge in [-0.3, -0.25) is 4.79 Å². The van der Waals surface area contributed by atoms with Crippen molar-refractivity contribution in [3.63, 3.8) is 0 Å². The van der Waals surface area contributed by atoms with Crippen LogP contribution in [0.4, 0.5) is 4.39 Å². The number of rotatable bonds is 4. The van der Waals surface area contributed by atoms with Gasteiger partial charge in [-0.2, -0.15) is 0 Å². The van der Waals surface area contributed by atoms with E-state index in [0.29, 0.717) is 18.4 Å². The average molecular weight is 233 g/mol. The molecule has 0 aliphatic carbocycles. The van der Waals surface area contributed by atoms with E-state index in [9.17, 15) is 9.18 Å². The van der Waals surface area contributed by atoms with Crippen LogP contribution in [0.15, 0.2) is 12.1 Å². The fourth-order valence-electron chi connectivity index (χ4n) is 1.21. The van der Waals surface area contributed by atoms with Crippen molar-refractivity contribution >= 4 is 17.6 Å². The third kappa shape index (κ3) is 3.40. The molecule has 0 radical (unpaired) electrons. The summed E-state index contributed by atoms with van der Waals surface area (Å²) in [5.41, 5.74) is 0.580. The fourth-order valence-corrected chi connectivity index (χ4v) is 1.44. The van der Waals surface area contributed by atoms with E-state index in [2.05, 4.69) is 0 Å². The number of halogens is 2. The zero-order valence-corrected chi connectivity index (χ0v) is 8.59. The van der Waals surface area contributed by atoms with Crippen molar-refractivity contribution in [1.29, 1.82) is 0 Å². The van der Waals surface area contributed by atoms with E-state index in [1.54, 1.807) is 0 Å². The maximum Gasteiger partial charge on any atom is 0.303 e. The highest BCUT2D eigenvalue weighted by Crippen LogP contribution is 2.28. The summed E-state index contributed by atoms with van der Waals surface area (Å²) in [6.45, 7) is 0. The molecule has 3 nitrogen and oxygen atoms in total. The number of phenols is 1. The molecule has 5 heteroatoms. The second-order valence-corrected chi connectivity index (χ2v) is 3.56. The Kier molecular flexibility index (Phi) is 3.91. The second-order valence-electron chi connectivity index (χ2n) is 3.16. The summed E-state index contributed by atoms with van der Waals surface area (Å²) in [5, 5.41) is 17.4. The van der Waals surface area contributed by atoms with Crippen molar-refractivity contribution in [2.75, 3.05) is 0 Å². The Morgan fingerprint density at radius 2 is 2.13 bits per heavy atom. The lowest BCUT2D eigenvalue weighted by Gasteiger charge is -2.03. The van der Waals surface area contributed by atoms with Crippen molar-refractivity contribution in [1.82, 2.24) is 0 Å². The largest absolute Gasteiger partial charge is 0.504 e. The Hall–Kier alpha value is -1.29. The maximum absolute atomic E-state index is 13.0. The summed E-state index contributed by atoms with van der Waals surface area (Å²) >= 11 is 5.55. The Labute approximate surface area is 91.1 Å². The van der Waals surface area contributed by atoms with Gasteiger partial charge in [0, 0.05) is 6.42 Å². The number of carbonyl (C=O) groups is 1. The Bertz CT molecular complexity index is 356. The third-order valence-corrected chi connectivity index (χ3v) is 2.22. The number of hydrogen-bond acceptors (Lipinski definition) is 2. The van der Waals surface area contributed by atoms with E-state index in [-0.39, 0.29) is 11.4 Å². The second kappa shape index (κ2) is 4.98. The first-order chi connectivity index (χ1) is 7.00. The molecule has 82 valence electrons. The molecular weight excluding hydrogens is 223 g/mol. The first-order valence-electron chi connectivity index (χ1n) is 4.39. The number of aliphatic carboxylic acids is 1. The van der Waals surface area contributed by atoms with Crippen molar-refractivity contribution in [3.8, 4) is 5.75 Å². The molecular formula is C10H10ClFO3. The number of benzene rings is 1. The van der Waals surface area contributed by atoms with E-state index in [0.717, 1.165) is 6.07 Å². The van der Waals surface area contributed by atoms with Gasteiger partial charge in [0.25, 0.3) is 0 Å². The van der Waals surface area contributed by atoms with Crippen molar-refractivity contribution in [3.05, 3.63) is 28.5 Å². The lowest BCUT2D eigenvalue weighted by molar-refractivity contribution is -0.137. The van der Waals surface area contributed by atoms with Gasteiger partial charge in [0.2, 0.25) is 0 Å². The smallest absolute Gasteiger partial charge is 0.303 e. The SMILES string of the molecule is O=C(O)CCCc1cc(F)c(O)c(Cl)c1. The molecule has 0 amide bonds. The monoisotopic (exact) mass is 232 g/mol. The molecule has 0 aliphatic rings. The molecule has 0 saturated carbocycles. The Balaban J connectivity index is 2.66. The van der Waals surface area contributed by atoms with Crippen LogP contribution in [-0.2, 0) is 11.2 Å². The minimum Gasteiger partial charge on any atom is -0.504 e. The zero-order chi connectivity index (χ0) is 11.4. The van der Waals surface area contributed by atoms with Gasteiger partial charge in [-0.25, -0.2) is 4.39 Å². The van der Waals surface area contributed by atoms with Crippen molar-refractivity contribution in [2.45, 2.75) is 19.3 Å². The molecule has 0 aliphatic heterocycles. The summed E-state index contributed by atoms with van der Waals surface area (Å²) in [6, 6.07) is 2.59. The highest BCUT2D eigenvalue weighted by molar-refractivity contribution is 6.32. The number of hydrogen-bond donors (Lipinski definition) is 2. The first kappa shape index (κ1) is 11.8. The molecule has 0 spiro atoms. The Morgan fingerprint density at radius 1 is 1.47 bits per heavy atom. The van der Waals surface area contributed by atoms with Gasteiger partial charge in [-0.05, 0) is 30.5 Å². The van der Waals surface area contributed by atoms with Gasteiger partial charge in [0.05, 0.1) is 5.02 Å². The van der Waals surface area contributed by atoms with Gasteiger partial charge in [-0.15, -0.1) is 0 Å². The quantitative estimate of drug-likeness (QED) is 0.839.